The Hall–Kier alpha value is -3.69. The Labute approximate surface area is 392 Å². The van der Waals surface area contributed by atoms with Crippen LogP contribution < -0.4 is 4.74 Å². The molecule has 1 saturated carbocycles. The van der Waals surface area contributed by atoms with Gasteiger partial charge in [0, 0.05) is 52.0 Å². The molecule has 2 aromatic carbocycles. The Bertz CT molecular complexity index is 2020. The minimum absolute atomic E-state index is 0.0292. The van der Waals surface area contributed by atoms with Crippen LogP contribution in [0.4, 0.5) is 0 Å². The molecule has 2 bridgehead atoms. The van der Waals surface area contributed by atoms with Crippen LogP contribution in [0.2, 0.25) is 0 Å². The monoisotopic (exact) mass is 920 g/mol. The van der Waals surface area contributed by atoms with Crippen LogP contribution in [-0.2, 0) is 38.1 Å². The van der Waals surface area contributed by atoms with E-state index in [4.69, 9.17) is 28.4 Å². The second kappa shape index (κ2) is 23.1. The Balaban J connectivity index is 1.30. The normalized spacial score (nSPS) is 37.3. The number of ketones is 1. The molecule has 3 fully saturated rings. The zero-order valence-electron chi connectivity index (χ0n) is 40.7. The van der Waals surface area contributed by atoms with Crippen LogP contribution in [0.5, 0.6) is 5.75 Å². The van der Waals surface area contributed by atoms with Gasteiger partial charge in [-0.25, -0.2) is 4.79 Å². The first-order valence-corrected chi connectivity index (χ1v) is 24.4. The first-order valence-electron chi connectivity index (χ1n) is 24.4. The van der Waals surface area contributed by atoms with Gasteiger partial charge in [0.15, 0.2) is 6.10 Å². The molecule has 2 aromatic rings. The minimum Gasteiger partial charge on any atom is -0.488 e. The van der Waals surface area contributed by atoms with Crippen molar-refractivity contribution in [2.45, 2.75) is 173 Å². The molecule has 15 atom stereocenters. The first-order chi connectivity index (χ1) is 31.5. The number of fused-ring (bicyclic) bond motifs is 4. The van der Waals surface area contributed by atoms with Crippen LogP contribution in [-0.4, -0.2) is 126 Å². The molecule has 6 rings (SSSR count). The number of ether oxygens (including phenoxy) is 6. The molecular weight excluding hydrogens is 843 g/mol. The number of benzene rings is 2. The summed E-state index contributed by atoms with van der Waals surface area (Å²) in [5, 5.41) is 38.2. The Morgan fingerprint density at radius 1 is 0.864 bits per heavy atom. The first kappa shape index (κ1) is 51.7. The highest BCUT2D eigenvalue weighted by molar-refractivity contribution is 5.88. The van der Waals surface area contributed by atoms with E-state index in [1.165, 1.54) is 4.90 Å². The van der Waals surface area contributed by atoms with Crippen molar-refractivity contribution in [2.24, 2.45) is 29.6 Å². The van der Waals surface area contributed by atoms with Gasteiger partial charge >= 0.3 is 5.97 Å². The molecule has 366 valence electrons. The number of carbonyl (C=O) groups is 3. The van der Waals surface area contributed by atoms with Crippen molar-refractivity contribution in [1.82, 2.24) is 4.90 Å². The molecule has 3 aliphatic heterocycles. The summed E-state index contributed by atoms with van der Waals surface area (Å²) < 4.78 is 37.2. The van der Waals surface area contributed by atoms with Crippen molar-refractivity contribution in [2.75, 3.05) is 27.9 Å². The molecule has 3 heterocycles. The Morgan fingerprint density at radius 2 is 1.56 bits per heavy atom. The lowest BCUT2D eigenvalue weighted by atomic mass is 9.81. The number of nitrogens with zero attached hydrogens (tertiary/aromatic N) is 1. The SMILES string of the molecule is CCC1C=C(C)CC(C)CC(OC)C2OC(O)(C(C)CC2OC)C(O)C(=O)N2CCCCC2C(=O)OC(C(C)=CC2CCC(Oc3ccc4ccccc4c3)C(OC)C2)C(C)C(O)CC1=O. The Morgan fingerprint density at radius 3 is 2.26 bits per heavy atom. The number of hydrogen-bond donors (Lipinski definition) is 3. The number of hydrogen-bond acceptors (Lipinski definition) is 12. The number of piperidine rings is 1. The molecule has 1 amide bonds. The average molecular weight is 920 g/mol. The number of Topliss-reactive ketones (excluding diaryl/α,β-unsaturated/α-hetero) is 1. The van der Waals surface area contributed by atoms with Crippen molar-refractivity contribution >= 4 is 28.4 Å². The van der Waals surface area contributed by atoms with E-state index in [1.807, 2.05) is 51.1 Å². The van der Waals surface area contributed by atoms with Gasteiger partial charge in [0.05, 0.1) is 24.4 Å². The molecule has 0 aromatic heterocycles. The molecule has 0 radical (unpaired) electrons. The number of carbonyl (C=O) groups excluding carboxylic acids is 3. The summed E-state index contributed by atoms with van der Waals surface area (Å²) >= 11 is 0. The van der Waals surface area contributed by atoms with Crippen LogP contribution in [0.25, 0.3) is 10.8 Å². The molecule has 0 spiro atoms. The third kappa shape index (κ3) is 11.9. The second-order valence-electron chi connectivity index (χ2n) is 19.9. The number of methoxy groups -OCH3 is 3. The number of esters is 1. The van der Waals surface area contributed by atoms with E-state index in [0.717, 1.165) is 34.9 Å². The zero-order chi connectivity index (χ0) is 47.9. The lowest BCUT2D eigenvalue weighted by molar-refractivity contribution is -0.346. The molecular formula is C53H77NO12. The van der Waals surface area contributed by atoms with Gasteiger partial charge in [-0.2, -0.15) is 0 Å². The molecule has 13 heteroatoms. The molecule has 4 aliphatic rings. The number of rotatable bonds is 8. The van der Waals surface area contributed by atoms with Gasteiger partial charge in [-0.3, -0.25) is 9.59 Å². The van der Waals surface area contributed by atoms with E-state index in [9.17, 15) is 29.7 Å². The van der Waals surface area contributed by atoms with Gasteiger partial charge in [-0.05, 0) is 118 Å². The Kier molecular flexibility index (Phi) is 18.1. The molecule has 3 N–H and O–H groups in total. The highest BCUT2D eigenvalue weighted by atomic mass is 16.7. The quantitative estimate of drug-likeness (QED) is 0.176. The van der Waals surface area contributed by atoms with Gasteiger partial charge in [-0.1, -0.05) is 75.8 Å². The molecule has 15 unspecified atom stereocenters. The summed E-state index contributed by atoms with van der Waals surface area (Å²) in [4.78, 5) is 44.4. The number of allylic oxidation sites excluding steroid dienone is 3. The van der Waals surface area contributed by atoms with Gasteiger partial charge in [0.25, 0.3) is 5.91 Å². The predicted molar refractivity (Wildman–Crippen MR) is 251 cm³/mol. The van der Waals surface area contributed by atoms with Crippen molar-refractivity contribution in [3.63, 3.8) is 0 Å². The van der Waals surface area contributed by atoms with Gasteiger partial charge < -0.3 is 48.6 Å². The van der Waals surface area contributed by atoms with Crippen molar-refractivity contribution < 1.29 is 58.1 Å². The standard InChI is InChI=1S/C53H77NO12/c1-10-37-24-31(2)23-32(3)25-46(62-8)49-47(63-9)27-34(5)53(60,66-49)50(57)51(58)54-22-14-13-17-41(54)52(59)65-48(35(6)42(55)30-43(37)56)33(4)26-36-18-21-44(45(28-36)61-7)64-40-20-19-38-15-11-12-16-39(38)29-40/h11-12,15-16,19-20,24,26,29,32,34-37,41-42,44-50,55,57,60H,10,13-14,17-18,21-23,25,27-28,30H2,1-9H3. The fourth-order valence-electron chi connectivity index (χ4n) is 11.1. The highest BCUT2D eigenvalue weighted by Crippen LogP contribution is 2.41. The summed E-state index contributed by atoms with van der Waals surface area (Å²) in [5.41, 5.74) is 1.73. The van der Waals surface area contributed by atoms with Crippen LogP contribution >= 0.6 is 0 Å². The van der Waals surface area contributed by atoms with Gasteiger partial charge in [0.2, 0.25) is 5.79 Å². The van der Waals surface area contributed by atoms with Crippen LogP contribution in [0.3, 0.4) is 0 Å². The largest absolute Gasteiger partial charge is 0.488 e. The topological polar surface area (TPSA) is 171 Å². The predicted octanol–water partition coefficient (Wildman–Crippen LogP) is 7.50. The lowest BCUT2D eigenvalue weighted by Gasteiger charge is -2.49. The summed E-state index contributed by atoms with van der Waals surface area (Å²) in [6.45, 7) is 11.6. The summed E-state index contributed by atoms with van der Waals surface area (Å²) in [7, 11) is 4.81. The van der Waals surface area contributed by atoms with Gasteiger partial charge in [-0.15, -0.1) is 0 Å². The van der Waals surface area contributed by atoms with E-state index in [-0.39, 0.29) is 55.6 Å². The van der Waals surface area contributed by atoms with Crippen LogP contribution in [0, 0.1) is 29.6 Å². The average Bonchev–Trinajstić information content (AvgIpc) is 3.31. The number of aliphatic hydroxyl groups is 3. The molecule has 66 heavy (non-hydrogen) atoms. The fraction of sp³-hybridized carbons (Fsp3) is 0.679. The van der Waals surface area contributed by atoms with Crippen molar-refractivity contribution in [1.29, 1.82) is 0 Å². The van der Waals surface area contributed by atoms with Crippen LogP contribution in [0.1, 0.15) is 112 Å². The summed E-state index contributed by atoms with van der Waals surface area (Å²) in [6, 6.07) is 13.2. The highest BCUT2D eigenvalue weighted by Gasteiger charge is 2.56. The smallest absolute Gasteiger partial charge is 0.329 e. The minimum atomic E-state index is -2.31. The molecule has 1 aliphatic carbocycles. The molecule has 2 saturated heterocycles. The maximum atomic E-state index is 14.6. The summed E-state index contributed by atoms with van der Waals surface area (Å²) in [5.74, 6) is -4.94. The number of cyclic esters (lactones) is 1. The molecule has 13 nitrogen and oxygen atoms in total. The van der Waals surface area contributed by atoms with Gasteiger partial charge in [0.1, 0.15) is 35.9 Å². The van der Waals surface area contributed by atoms with Crippen molar-refractivity contribution in [3.05, 3.63) is 65.8 Å². The van der Waals surface area contributed by atoms with E-state index >= 15 is 0 Å². The van der Waals surface area contributed by atoms with Crippen LogP contribution in [0.15, 0.2) is 65.8 Å². The number of aliphatic hydroxyl groups excluding tert-OH is 2. The third-order valence-electron chi connectivity index (χ3n) is 15.1. The fourth-order valence-corrected chi connectivity index (χ4v) is 11.1. The summed E-state index contributed by atoms with van der Waals surface area (Å²) in [6.07, 6.45) is 3.11. The second-order valence-corrected chi connectivity index (χ2v) is 19.9. The number of amides is 1. The van der Waals surface area contributed by atoms with E-state index in [1.54, 1.807) is 35.2 Å². The maximum absolute atomic E-state index is 14.6. The van der Waals surface area contributed by atoms with E-state index in [2.05, 4.69) is 31.2 Å². The lowest BCUT2D eigenvalue weighted by Crippen LogP contribution is -2.66. The zero-order valence-corrected chi connectivity index (χ0v) is 40.7. The maximum Gasteiger partial charge on any atom is 0.329 e. The van der Waals surface area contributed by atoms with E-state index in [0.29, 0.717) is 44.1 Å². The van der Waals surface area contributed by atoms with Crippen molar-refractivity contribution in [3.8, 4) is 5.75 Å². The van der Waals surface area contributed by atoms with E-state index < -0.39 is 78.1 Å². The third-order valence-corrected chi connectivity index (χ3v) is 15.1.